The number of benzene rings is 2. The molecule has 3 N–H and O–H groups in total. The molecule has 1 saturated carbocycles. The minimum absolute atomic E-state index is 0.0817. The third-order valence-corrected chi connectivity index (χ3v) is 4.29. The molecular formula is C18H17ClN2O3. The molecule has 0 unspecified atom stereocenters. The van der Waals surface area contributed by atoms with Crippen LogP contribution in [-0.4, -0.2) is 24.5 Å². The zero-order valence-corrected chi connectivity index (χ0v) is 13.6. The number of hydrogen-bond donors (Lipinski definition) is 2. The van der Waals surface area contributed by atoms with Crippen LogP contribution >= 0.6 is 11.6 Å². The van der Waals surface area contributed by atoms with Gasteiger partial charge >= 0.3 is 0 Å². The highest BCUT2D eigenvalue weighted by atomic mass is 35.5. The van der Waals surface area contributed by atoms with Crippen molar-refractivity contribution in [2.24, 2.45) is 5.73 Å². The second-order valence-electron chi connectivity index (χ2n) is 5.72. The SMILES string of the molecule is NC(=O)c1ccc(OCC(=O)N[C@@H]2C[C@@H]2c2ccccc2Cl)cc1. The van der Waals surface area contributed by atoms with E-state index in [1.165, 1.54) is 0 Å². The standard InChI is InChI=1S/C18H17ClN2O3/c19-15-4-2-1-3-13(15)14-9-16(14)21-17(22)10-24-12-7-5-11(6-8-12)18(20)23/h1-8,14,16H,9-10H2,(H2,20,23)(H,21,22)/t14-,16-/m1/s1. The number of rotatable bonds is 6. The van der Waals surface area contributed by atoms with Crippen LogP contribution in [0.1, 0.15) is 28.3 Å². The monoisotopic (exact) mass is 344 g/mol. The van der Waals surface area contributed by atoms with Crippen LogP contribution in [0.4, 0.5) is 0 Å². The molecular weight excluding hydrogens is 328 g/mol. The van der Waals surface area contributed by atoms with Gasteiger partial charge in [0.15, 0.2) is 6.61 Å². The number of primary amides is 1. The van der Waals surface area contributed by atoms with E-state index < -0.39 is 5.91 Å². The van der Waals surface area contributed by atoms with Crippen molar-refractivity contribution in [1.82, 2.24) is 5.32 Å². The number of carbonyl (C=O) groups is 2. The Morgan fingerprint density at radius 1 is 1.17 bits per heavy atom. The quantitative estimate of drug-likeness (QED) is 0.844. The number of nitrogens with one attached hydrogen (secondary N) is 1. The second kappa shape index (κ2) is 6.93. The molecule has 0 bridgehead atoms. The Morgan fingerprint density at radius 2 is 1.88 bits per heavy atom. The van der Waals surface area contributed by atoms with Crippen LogP contribution in [0.3, 0.4) is 0 Å². The summed E-state index contributed by atoms with van der Waals surface area (Å²) in [7, 11) is 0. The van der Waals surface area contributed by atoms with Gasteiger partial charge in [0.05, 0.1) is 0 Å². The maximum Gasteiger partial charge on any atom is 0.258 e. The zero-order chi connectivity index (χ0) is 17.1. The second-order valence-corrected chi connectivity index (χ2v) is 6.12. The molecule has 0 aliphatic heterocycles. The normalized spacial score (nSPS) is 18.7. The Bertz CT molecular complexity index is 761. The predicted molar refractivity (Wildman–Crippen MR) is 91.2 cm³/mol. The van der Waals surface area contributed by atoms with E-state index in [1.54, 1.807) is 24.3 Å². The van der Waals surface area contributed by atoms with Gasteiger partial charge in [-0.05, 0) is 42.3 Å². The number of ether oxygens (including phenoxy) is 1. The zero-order valence-electron chi connectivity index (χ0n) is 12.9. The van der Waals surface area contributed by atoms with Gasteiger partial charge in [-0.15, -0.1) is 0 Å². The van der Waals surface area contributed by atoms with Crippen molar-refractivity contribution in [3.05, 3.63) is 64.7 Å². The Balaban J connectivity index is 1.47. The Kier molecular flexibility index (Phi) is 4.71. The van der Waals surface area contributed by atoms with Crippen molar-refractivity contribution in [1.29, 1.82) is 0 Å². The molecule has 1 aliphatic rings. The third-order valence-electron chi connectivity index (χ3n) is 3.95. The smallest absolute Gasteiger partial charge is 0.258 e. The molecule has 124 valence electrons. The van der Waals surface area contributed by atoms with Gasteiger partial charge in [0.2, 0.25) is 5.91 Å². The van der Waals surface area contributed by atoms with E-state index in [4.69, 9.17) is 22.1 Å². The van der Waals surface area contributed by atoms with Crippen LogP contribution in [-0.2, 0) is 4.79 Å². The molecule has 2 amide bonds. The molecule has 0 heterocycles. The van der Waals surface area contributed by atoms with Gasteiger partial charge in [0, 0.05) is 22.5 Å². The van der Waals surface area contributed by atoms with Gasteiger partial charge < -0.3 is 15.8 Å². The minimum atomic E-state index is -0.501. The molecule has 2 aromatic carbocycles. The molecule has 5 nitrogen and oxygen atoms in total. The first-order valence-electron chi connectivity index (χ1n) is 7.61. The van der Waals surface area contributed by atoms with Crippen molar-refractivity contribution < 1.29 is 14.3 Å². The van der Waals surface area contributed by atoms with E-state index in [9.17, 15) is 9.59 Å². The highest BCUT2D eigenvalue weighted by Crippen LogP contribution is 2.43. The lowest BCUT2D eigenvalue weighted by atomic mass is 10.1. The maximum absolute atomic E-state index is 12.0. The fourth-order valence-corrected chi connectivity index (χ4v) is 2.86. The first kappa shape index (κ1) is 16.3. The van der Waals surface area contributed by atoms with E-state index in [0.717, 1.165) is 17.0 Å². The van der Waals surface area contributed by atoms with Gasteiger partial charge in [0.1, 0.15) is 5.75 Å². The predicted octanol–water partition coefficient (Wildman–Crippen LogP) is 2.49. The number of carbonyl (C=O) groups excluding carboxylic acids is 2. The van der Waals surface area contributed by atoms with Crippen LogP contribution in [0, 0.1) is 0 Å². The molecule has 3 rings (SSSR count). The Morgan fingerprint density at radius 3 is 2.54 bits per heavy atom. The highest BCUT2D eigenvalue weighted by Gasteiger charge is 2.40. The summed E-state index contributed by atoms with van der Waals surface area (Å²) in [4.78, 5) is 22.9. The molecule has 2 atom stereocenters. The number of hydrogen-bond acceptors (Lipinski definition) is 3. The lowest BCUT2D eigenvalue weighted by Gasteiger charge is -2.08. The van der Waals surface area contributed by atoms with Crippen LogP contribution in [0.25, 0.3) is 0 Å². The minimum Gasteiger partial charge on any atom is -0.484 e. The van der Waals surface area contributed by atoms with Gasteiger partial charge in [-0.25, -0.2) is 0 Å². The molecule has 24 heavy (non-hydrogen) atoms. The van der Waals surface area contributed by atoms with Gasteiger partial charge in [0.25, 0.3) is 5.91 Å². The summed E-state index contributed by atoms with van der Waals surface area (Å²) in [5, 5.41) is 3.66. The largest absolute Gasteiger partial charge is 0.484 e. The summed E-state index contributed by atoms with van der Waals surface area (Å²) in [5.74, 6) is 0.0817. The molecule has 0 aromatic heterocycles. The lowest BCUT2D eigenvalue weighted by Crippen LogP contribution is -2.31. The van der Waals surface area contributed by atoms with Crippen LogP contribution in [0.2, 0.25) is 5.02 Å². The van der Waals surface area contributed by atoms with Gasteiger partial charge in [-0.3, -0.25) is 9.59 Å². The molecule has 0 spiro atoms. The number of halogens is 1. The molecule has 0 saturated heterocycles. The van der Waals surface area contributed by atoms with Gasteiger partial charge in [-0.2, -0.15) is 0 Å². The first-order chi connectivity index (χ1) is 11.5. The van der Waals surface area contributed by atoms with E-state index in [1.807, 2.05) is 24.3 Å². The lowest BCUT2D eigenvalue weighted by molar-refractivity contribution is -0.123. The van der Waals surface area contributed by atoms with E-state index in [0.29, 0.717) is 11.3 Å². The Hall–Kier alpha value is -2.53. The first-order valence-corrected chi connectivity index (χ1v) is 7.99. The van der Waals surface area contributed by atoms with E-state index in [2.05, 4.69) is 5.32 Å². The fraction of sp³-hybridized carbons (Fsp3) is 0.222. The van der Waals surface area contributed by atoms with E-state index in [-0.39, 0.29) is 24.5 Å². The average molecular weight is 345 g/mol. The third kappa shape index (κ3) is 3.86. The van der Waals surface area contributed by atoms with E-state index >= 15 is 0 Å². The summed E-state index contributed by atoms with van der Waals surface area (Å²) >= 11 is 6.17. The fourth-order valence-electron chi connectivity index (χ4n) is 2.59. The van der Waals surface area contributed by atoms with Crippen LogP contribution < -0.4 is 15.8 Å². The van der Waals surface area contributed by atoms with Crippen molar-refractivity contribution in [2.45, 2.75) is 18.4 Å². The summed E-state index contributed by atoms with van der Waals surface area (Å²) in [6.07, 6.45) is 0.878. The Labute approximate surface area is 144 Å². The number of amides is 2. The summed E-state index contributed by atoms with van der Waals surface area (Å²) in [5.41, 5.74) is 6.62. The maximum atomic E-state index is 12.0. The molecule has 1 aliphatic carbocycles. The summed E-state index contributed by atoms with van der Waals surface area (Å²) < 4.78 is 5.41. The highest BCUT2D eigenvalue weighted by molar-refractivity contribution is 6.31. The summed E-state index contributed by atoms with van der Waals surface area (Å²) in [6.45, 7) is -0.0817. The molecule has 2 aromatic rings. The van der Waals surface area contributed by atoms with Gasteiger partial charge in [-0.1, -0.05) is 29.8 Å². The molecule has 6 heteroatoms. The van der Waals surface area contributed by atoms with Crippen LogP contribution in [0.5, 0.6) is 5.75 Å². The topological polar surface area (TPSA) is 81.4 Å². The van der Waals surface area contributed by atoms with Crippen molar-refractivity contribution in [2.75, 3.05) is 6.61 Å². The summed E-state index contributed by atoms with van der Waals surface area (Å²) in [6, 6.07) is 14.1. The average Bonchev–Trinajstić information content (AvgIpc) is 3.32. The van der Waals surface area contributed by atoms with Crippen LogP contribution in [0.15, 0.2) is 48.5 Å². The van der Waals surface area contributed by atoms with Crippen molar-refractivity contribution >= 4 is 23.4 Å². The van der Waals surface area contributed by atoms with Crippen molar-refractivity contribution in [3.8, 4) is 5.75 Å². The molecule has 1 fully saturated rings. The number of nitrogens with two attached hydrogens (primary N) is 1. The van der Waals surface area contributed by atoms with Crippen molar-refractivity contribution in [3.63, 3.8) is 0 Å². The molecule has 0 radical (unpaired) electrons.